The van der Waals surface area contributed by atoms with Gasteiger partial charge < -0.3 is 4.98 Å². The lowest BCUT2D eigenvalue weighted by Crippen LogP contribution is -2.17. The first-order valence-corrected chi connectivity index (χ1v) is 5.83. The number of ketones is 1. The summed E-state index contributed by atoms with van der Waals surface area (Å²) in [5.74, 6) is -0.297. The van der Waals surface area contributed by atoms with E-state index in [2.05, 4.69) is 9.97 Å². The first-order chi connectivity index (χ1) is 9.27. The number of H-pyrrole nitrogens is 1. The second-order valence-corrected chi connectivity index (χ2v) is 4.13. The lowest BCUT2D eigenvalue weighted by Gasteiger charge is -2.02. The molecular weight excluding hydrogens is 240 g/mol. The summed E-state index contributed by atoms with van der Waals surface area (Å²) in [5.41, 5.74) is 1.16. The number of carbonyl (C=O) groups excluding carboxylic acids is 1. The topological polar surface area (TPSA) is 62.8 Å². The zero-order valence-electron chi connectivity index (χ0n) is 9.96. The van der Waals surface area contributed by atoms with Crippen LogP contribution in [0.5, 0.6) is 0 Å². The van der Waals surface area contributed by atoms with Crippen LogP contribution < -0.4 is 5.43 Å². The van der Waals surface area contributed by atoms with Crippen molar-refractivity contribution in [2.75, 3.05) is 0 Å². The summed E-state index contributed by atoms with van der Waals surface area (Å²) in [5, 5.41) is 0. The monoisotopic (exact) mass is 250 g/mol. The van der Waals surface area contributed by atoms with E-state index in [4.69, 9.17) is 0 Å². The zero-order valence-corrected chi connectivity index (χ0v) is 9.96. The lowest BCUT2D eigenvalue weighted by atomic mass is 10.0. The molecule has 3 aromatic rings. The Labute approximate surface area is 108 Å². The van der Waals surface area contributed by atoms with E-state index in [0.29, 0.717) is 11.1 Å². The van der Waals surface area contributed by atoms with Crippen LogP contribution in [0.25, 0.3) is 11.0 Å². The molecule has 0 saturated carbocycles. The van der Waals surface area contributed by atoms with Crippen LogP contribution >= 0.6 is 0 Å². The highest BCUT2D eigenvalue weighted by Crippen LogP contribution is 2.09. The molecule has 0 fully saturated rings. The summed E-state index contributed by atoms with van der Waals surface area (Å²) in [4.78, 5) is 31.5. The molecule has 1 aromatic carbocycles. The molecular formula is C15H10N2O2. The lowest BCUT2D eigenvalue weighted by molar-refractivity contribution is 0.103. The van der Waals surface area contributed by atoms with Crippen molar-refractivity contribution in [2.24, 2.45) is 0 Å². The number of pyridine rings is 2. The molecule has 0 aliphatic rings. The Bertz CT molecular complexity index is 807. The number of benzene rings is 1. The van der Waals surface area contributed by atoms with Crippen LogP contribution in [0.3, 0.4) is 0 Å². The van der Waals surface area contributed by atoms with E-state index in [1.165, 1.54) is 12.4 Å². The van der Waals surface area contributed by atoms with Gasteiger partial charge in [0.25, 0.3) is 0 Å². The molecule has 0 amide bonds. The van der Waals surface area contributed by atoms with Gasteiger partial charge in [0.15, 0.2) is 5.78 Å². The molecule has 0 unspecified atom stereocenters. The minimum atomic E-state index is -0.344. The summed E-state index contributed by atoms with van der Waals surface area (Å²) in [7, 11) is 0. The van der Waals surface area contributed by atoms with Crippen LogP contribution in [0.4, 0.5) is 0 Å². The molecule has 0 aliphatic heterocycles. The van der Waals surface area contributed by atoms with Gasteiger partial charge in [0.2, 0.25) is 5.43 Å². The predicted molar refractivity (Wildman–Crippen MR) is 72.2 cm³/mol. The van der Waals surface area contributed by atoms with Crippen LogP contribution in [-0.4, -0.2) is 15.8 Å². The van der Waals surface area contributed by atoms with Gasteiger partial charge in [-0.05, 0) is 12.1 Å². The van der Waals surface area contributed by atoms with Crippen LogP contribution in [0.15, 0.2) is 59.7 Å². The quantitative estimate of drug-likeness (QED) is 0.709. The van der Waals surface area contributed by atoms with Crippen LogP contribution in [0.1, 0.15) is 15.9 Å². The third kappa shape index (κ3) is 1.93. The number of aromatic nitrogens is 2. The van der Waals surface area contributed by atoms with E-state index in [9.17, 15) is 9.59 Å². The van der Waals surface area contributed by atoms with Gasteiger partial charge in [0.1, 0.15) is 5.52 Å². The summed E-state index contributed by atoms with van der Waals surface area (Å²) in [6, 6.07) is 12.2. The average molecular weight is 250 g/mol. The van der Waals surface area contributed by atoms with Crippen molar-refractivity contribution in [3.63, 3.8) is 0 Å². The van der Waals surface area contributed by atoms with E-state index in [-0.39, 0.29) is 22.3 Å². The largest absolute Gasteiger partial charge is 0.359 e. The van der Waals surface area contributed by atoms with Gasteiger partial charge in [0.05, 0.1) is 11.1 Å². The third-order valence-corrected chi connectivity index (χ3v) is 2.92. The molecule has 0 bridgehead atoms. The molecule has 0 atom stereocenters. The smallest absolute Gasteiger partial charge is 0.218 e. The van der Waals surface area contributed by atoms with Crippen molar-refractivity contribution in [1.29, 1.82) is 0 Å². The second-order valence-electron chi connectivity index (χ2n) is 4.13. The van der Waals surface area contributed by atoms with Gasteiger partial charge in [-0.1, -0.05) is 30.3 Å². The van der Waals surface area contributed by atoms with E-state index >= 15 is 0 Å². The average Bonchev–Trinajstić information content (AvgIpc) is 2.48. The van der Waals surface area contributed by atoms with Gasteiger partial charge >= 0.3 is 0 Å². The number of hydrogen-bond acceptors (Lipinski definition) is 3. The minimum Gasteiger partial charge on any atom is -0.359 e. The fourth-order valence-corrected chi connectivity index (χ4v) is 1.96. The molecule has 3 rings (SSSR count). The highest BCUT2D eigenvalue weighted by molar-refractivity contribution is 6.09. The van der Waals surface area contributed by atoms with Crippen LogP contribution in [0.2, 0.25) is 0 Å². The number of nitrogens with zero attached hydrogens (tertiary/aromatic N) is 1. The maximum atomic E-state index is 12.3. The Kier molecular flexibility index (Phi) is 2.68. The van der Waals surface area contributed by atoms with E-state index in [1.54, 1.807) is 36.4 Å². The number of carbonyl (C=O) groups is 1. The number of nitrogens with one attached hydrogen (secondary N) is 1. The first-order valence-electron chi connectivity index (χ1n) is 5.83. The molecule has 19 heavy (non-hydrogen) atoms. The predicted octanol–water partition coefficient (Wildman–Crippen LogP) is 2.15. The summed E-state index contributed by atoms with van der Waals surface area (Å²) in [6.45, 7) is 0. The van der Waals surface area contributed by atoms with E-state index < -0.39 is 0 Å². The Morgan fingerprint density at radius 1 is 1.05 bits per heavy atom. The van der Waals surface area contributed by atoms with Crippen molar-refractivity contribution in [3.8, 4) is 0 Å². The molecule has 0 saturated heterocycles. The molecule has 4 nitrogen and oxygen atoms in total. The maximum absolute atomic E-state index is 12.3. The maximum Gasteiger partial charge on any atom is 0.218 e. The zero-order chi connectivity index (χ0) is 13.2. The molecule has 1 N–H and O–H groups in total. The van der Waals surface area contributed by atoms with Crippen molar-refractivity contribution in [2.45, 2.75) is 0 Å². The van der Waals surface area contributed by atoms with Gasteiger partial charge in [-0.3, -0.25) is 14.6 Å². The number of rotatable bonds is 2. The van der Waals surface area contributed by atoms with Gasteiger partial charge in [0, 0.05) is 18.0 Å². The molecule has 92 valence electrons. The normalized spacial score (nSPS) is 10.5. The van der Waals surface area contributed by atoms with Crippen molar-refractivity contribution in [3.05, 3.63) is 76.2 Å². The van der Waals surface area contributed by atoms with E-state index in [1.807, 2.05) is 6.07 Å². The molecule has 0 aliphatic carbocycles. The number of fused-ring (bicyclic) bond motifs is 1. The first kappa shape index (κ1) is 11.3. The Morgan fingerprint density at radius 3 is 2.63 bits per heavy atom. The van der Waals surface area contributed by atoms with Crippen LogP contribution in [-0.2, 0) is 0 Å². The van der Waals surface area contributed by atoms with E-state index in [0.717, 1.165) is 0 Å². The summed E-state index contributed by atoms with van der Waals surface area (Å²) >= 11 is 0. The van der Waals surface area contributed by atoms with Gasteiger partial charge in [-0.25, -0.2) is 0 Å². The Hall–Kier alpha value is -2.75. The van der Waals surface area contributed by atoms with Gasteiger partial charge in [-0.15, -0.1) is 0 Å². The molecule has 4 heteroatoms. The molecule has 2 aromatic heterocycles. The van der Waals surface area contributed by atoms with Crippen molar-refractivity contribution in [1.82, 2.24) is 9.97 Å². The minimum absolute atomic E-state index is 0.109. The van der Waals surface area contributed by atoms with Crippen molar-refractivity contribution < 1.29 is 4.79 Å². The van der Waals surface area contributed by atoms with Crippen molar-refractivity contribution >= 4 is 16.8 Å². The second kappa shape index (κ2) is 4.49. The highest BCUT2D eigenvalue weighted by Gasteiger charge is 2.14. The molecule has 0 radical (unpaired) electrons. The third-order valence-electron chi connectivity index (χ3n) is 2.92. The molecule has 2 heterocycles. The van der Waals surface area contributed by atoms with Gasteiger partial charge in [-0.2, -0.15) is 0 Å². The standard InChI is InChI=1S/C15H10N2O2/c18-14(10-5-2-1-3-6-10)11-9-17-12-7-4-8-16-13(12)15(11)19/h1-9H,(H,17,19). The Morgan fingerprint density at radius 2 is 1.84 bits per heavy atom. The fourth-order valence-electron chi connectivity index (χ4n) is 1.96. The number of aromatic amines is 1. The SMILES string of the molecule is O=C(c1ccccc1)c1c[nH]c2cccnc2c1=O. The summed E-state index contributed by atoms with van der Waals surface area (Å²) < 4.78 is 0. The Balaban J connectivity index is 2.19. The summed E-state index contributed by atoms with van der Waals surface area (Å²) in [6.07, 6.45) is 2.98. The molecule has 0 spiro atoms. The number of hydrogen-bond donors (Lipinski definition) is 1. The fraction of sp³-hybridized carbons (Fsp3) is 0. The van der Waals surface area contributed by atoms with Crippen LogP contribution in [0, 0.1) is 0 Å². The highest BCUT2D eigenvalue weighted by atomic mass is 16.1.